The molecule has 0 aliphatic rings. The Balaban J connectivity index is 1.46. The molecular weight excluding hydrogens is 352 g/mol. The van der Waals surface area contributed by atoms with Gasteiger partial charge < -0.3 is 0 Å². The minimum atomic E-state index is -0.145. The highest BCUT2D eigenvalue weighted by Crippen LogP contribution is 2.28. The van der Waals surface area contributed by atoms with Crippen LogP contribution in [0, 0.1) is 0 Å². The summed E-state index contributed by atoms with van der Waals surface area (Å²) in [7, 11) is 0. The van der Waals surface area contributed by atoms with Gasteiger partial charge >= 0.3 is 0 Å². The molecular formula is C13H12N6OS3. The maximum Gasteiger partial charge on any atom is 0.236 e. The molecule has 0 spiro atoms. The van der Waals surface area contributed by atoms with Gasteiger partial charge in [-0.1, -0.05) is 65.2 Å². The molecule has 2 aromatic heterocycles. The summed E-state index contributed by atoms with van der Waals surface area (Å²) in [5.41, 5.74) is 1.22. The first-order valence-corrected chi connectivity index (χ1v) is 9.37. The van der Waals surface area contributed by atoms with Gasteiger partial charge in [0.25, 0.3) is 0 Å². The topological polar surface area (TPSA) is 96.5 Å². The van der Waals surface area contributed by atoms with Gasteiger partial charge in [-0.05, 0) is 5.56 Å². The third kappa shape index (κ3) is 5.05. The minimum absolute atomic E-state index is 0.145. The average molecular weight is 364 g/mol. The molecule has 2 N–H and O–H groups in total. The van der Waals surface area contributed by atoms with Gasteiger partial charge in [-0.3, -0.25) is 10.1 Å². The van der Waals surface area contributed by atoms with Crippen molar-refractivity contribution in [3.8, 4) is 0 Å². The fourth-order valence-electron chi connectivity index (χ4n) is 1.59. The number of anilines is 1. The van der Waals surface area contributed by atoms with Gasteiger partial charge in [0, 0.05) is 5.75 Å². The molecule has 1 amide bonds. The van der Waals surface area contributed by atoms with Crippen molar-refractivity contribution in [2.45, 2.75) is 15.1 Å². The first-order chi connectivity index (χ1) is 11.3. The van der Waals surface area contributed by atoms with Crippen LogP contribution < -0.4 is 5.32 Å². The Morgan fingerprint density at radius 2 is 2.09 bits per heavy atom. The van der Waals surface area contributed by atoms with E-state index in [4.69, 9.17) is 0 Å². The summed E-state index contributed by atoms with van der Waals surface area (Å²) in [4.78, 5) is 11.8. The lowest BCUT2D eigenvalue weighted by Crippen LogP contribution is -2.13. The van der Waals surface area contributed by atoms with Crippen LogP contribution in [-0.4, -0.2) is 37.3 Å². The number of carbonyl (C=O) groups is 1. The lowest BCUT2D eigenvalue weighted by Gasteiger charge is -1.98. The van der Waals surface area contributed by atoms with Crippen LogP contribution >= 0.6 is 34.9 Å². The van der Waals surface area contributed by atoms with Crippen molar-refractivity contribution in [2.24, 2.45) is 0 Å². The van der Waals surface area contributed by atoms with Gasteiger partial charge in [0.2, 0.25) is 11.0 Å². The van der Waals surface area contributed by atoms with E-state index in [1.807, 2.05) is 18.2 Å². The van der Waals surface area contributed by atoms with Crippen molar-refractivity contribution in [2.75, 3.05) is 11.1 Å². The standard InChI is InChI=1S/C13H12N6OS3/c20-10(8-21-11-6-14-19-16-11)15-12-17-18-13(23-12)22-7-9-4-2-1-3-5-9/h1-6H,7-8H2,(H,14,16,19)(H,15,17,20). The van der Waals surface area contributed by atoms with Crippen molar-refractivity contribution < 1.29 is 4.79 Å². The highest BCUT2D eigenvalue weighted by atomic mass is 32.2. The highest BCUT2D eigenvalue weighted by Gasteiger charge is 2.10. The second kappa shape index (κ2) is 8.09. The summed E-state index contributed by atoms with van der Waals surface area (Å²) < 4.78 is 0.827. The summed E-state index contributed by atoms with van der Waals surface area (Å²) in [6, 6.07) is 10.1. The zero-order valence-electron chi connectivity index (χ0n) is 11.8. The van der Waals surface area contributed by atoms with E-state index in [9.17, 15) is 4.79 Å². The molecule has 0 atom stereocenters. The van der Waals surface area contributed by atoms with Crippen molar-refractivity contribution >= 4 is 45.9 Å². The first kappa shape index (κ1) is 16.0. The fraction of sp³-hybridized carbons (Fsp3) is 0.154. The third-order valence-electron chi connectivity index (χ3n) is 2.60. The quantitative estimate of drug-likeness (QED) is 0.491. The van der Waals surface area contributed by atoms with E-state index in [-0.39, 0.29) is 11.7 Å². The highest BCUT2D eigenvalue weighted by molar-refractivity contribution is 8.00. The van der Waals surface area contributed by atoms with Gasteiger partial charge in [-0.2, -0.15) is 10.3 Å². The predicted octanol–water partition coefficient (Wildman–Crippen LogP) is 2.68. The van der Waals surface area contributed by atoms with Gasteiger partial charge in [-0.25, -0.2) is 0 Å². The molecule has 23 heavy (non-hydrogen) atoms. The summed E-state index contributed by atoms with van der Waals surface area (Å²) >= 11 is 4.27. The van der Waals surface area contributed by atoms with Crippen LogP contribution in [0.3, 0.4) is 0 Å². The number of aromatic nitrogens is 5. The molecule has 10 heteroatoms. The van der Waals surface area contributed by atoms with Crippen LogP contribution in [0.15, 0.2) is 45.9 Å². The average Bonchev–Trinajstić information content (AvgIpc) is 3.24. The van der Waals surface area contributed by atoms with Gasteiger partial charge in [0.15, 0.2) is 4.34 Å². The SMILES string of the molecule is O=C(CSc1cn[nH]n1)Nc1nnc(SCc2ccccc2)s1. The number of hydrogen-bond donors (Lipinski definition) is 2. The van der Waals surface area contributed by atoms with E-state index in [1.54, 1.807) is 18.0 Å². The van der Waals surface area contributed by atoms with Crippen LogP contribution in [0.25, 0.3) is 0 Å². The lowest BCUT2D eigenvalue weighted by molar-refractivity contribution is -0.113. The zero-order valence-corrected chi connectivity index (χ0v) is 14.2. The lowest BCUT2D eigenvalue weighted by atomic mass is 10.2. The van der Waals surface area contributed by atoms with Crippen LogP contribution in [0.4, 0.5) is 5.13 Å². The Hall–Kier alpha value is -1.91. The fourth-order valence-corrected chi connectivity index (χ4v) is 3.90. The van der Waals surface area contributed by atoms with Crippen molar-refractivity contribution in [1.29, 1.82) is 0 Å². The van der Waals surface area contributed by atoms with Gasteiger partial charge in [0.05, 0.1) is 11.9 Å². The number of benzene rings is 1. The second-order valence-corrected chi connectivity index (χ2v) is 7.49. The molecule has 1 aromatic carbocycles. The number of H-pyrrole nitrogens is 1. The summed E-state index contributed by atoms with van der Waals surface area (Å²) in [5, 5.41) is 22.0. The molecule has 0 bridgehead atoms. The van der Waals surface area contributed by atoms with Gasteiger partial charge in [-0.15, -0.1) is 15.3 Å². The van der Waals surface area contributed by atoms with E-state index >= 15 is 0 Å². The molecule has 2 heterocycles. The Labute approximate surface area is 144 Å². The van der Waals surface area contributed by atoms with Crippen LogP contribution in [0.2, 0.25) is 0 Å². The molecule has 3 aromatic rings. The largest absolute Gasteiger partial charge is 0.300 e. The predicted molar refractivity (Wildman–Crippen MR) is 91.6 cm³/mol. The Bertz CT molecular complexity index is 746. The molecule has 3 rings (SSSR count). The summed E-state index contributed by atoms with van der Waals surface area (Å²) in [6.07, 6.45) is 1.57. The van der Waals surface area contributed by atoms with Crippen LogP contribution in [0.5, 0.6) is 0 Å². The number of aromatic amines is 1. The number of hydrogen-bond acceptors (Lipinski definition) is 8. The molecule has 0 unspecified atom stereocenters. The maximum atomic E-state index is 11.8. The molecule has 0 aliphatic heterocycles. The van der Waals surface area contributed by atoms with Crippen molar-refractivity contribution in [3.05, 3.63) is 42.1 Å². The molecule has 7 nitrogen and oxygen atoms in total. The van der Waals surface area contributed by atoms with E-state index in [2.05, 4.69) is 43.1 Å². The number of amides is 1. The number of nitrogens with zero attached hydrogens (tertiary/aromatic N) is 4. The maximum absolute atomic E-state index is 11.8. The Morgan fingerprint density at radius 1 is 1.22 bits per heavy atom. The minimum Gasteiger partial charge on any atom is -0.300 e. The van der Waals surface area contributed by atoms with Crippen molar-refractivity contribution in [1.82, 2.24) is 25.6 Å². The number of nitrogens with one attached hydrogen (secondary N) is 2. The van der Waals surface area contributed by atoms with E-state index in [0.29, 0.717) is 10.2 Å². The third-order valence-corrected chi connectivity index (χ3v) is 5.54. The number of rotatable bonds is 7. The monoisotopic (exact) mass is 364 g/mol. The smallest absolute Gasteiger partial charge is 0.236 e. The zero-order chi connectivity index (χ0) is 15.9. The molecule has 0 radical (unpaired) electrons. The Kier molecular flexibility index (Phi) is 5.61. The Morgan fingerprint density at radius 3 is 2.87 bits per heavy atom. The van der Waals surface area contributed by atoms with E-state index < -0.39 is 0 Å². The summed E-state index contributed by atoms with van der Waals surface area (Å²) in [6.45, 7) is 0. The van der Waals surface area contributed by atoms with Crippen molar-refractivity contribution in [3.63, 3.8) is 0 Å². The number of carbonyl (C=O) groups excluding carboxylic acids is 1. The first-order valence-electron chi connectivity index (χ1n) is 6.58. The molecule has 0 aliphatic carbocycles. The normalized spacial score (nSPS) is 10.6. The van der Waals surface area contributed by atoms with Crippen LogP contribution in [-0.2, 0) is 10.5 Å². The molecule has 0 saturated carbocycles. The van der Waals surface area contributed by atoms with E-state index in [0.717, 1.165) is 10.1 Å². The van der Waals surface area contributed by atoms with Crippen LogP contribution in [0.1, 0.15) is 5.56 Å². The van der Waals surface area contributed by atoms with Gasteiger partial charge in [0.1, 0.15) is 5.03 Å². The number of thioether (sulfide) groups is 2. The summed E-state index contributed by atoms with van der Waals surface area (Å²) in [5.74, 6) is 0.929. The second-order valence-electron chi connectivity index (χ2n) is 4.29. The van der Waals surface area contributed by atoms with E-state index in [1.165, 1.54) is 28.7 Å². The molecule has 118 valence electrons. The molecule has 0 fully saturated rings. The molecule has 0 saturated heterocycles.